The summed E-state index contributed by atoms with van der Waals surface area (Å²) < 4.78 is 78.3. The second-order valence-electron chi connectivity index (χ2n) is 9.25. The van der Waals surface area contributed by atoms with Crippen LogP contribution in [0.5, 0.6) is 5.88 Å². The van der Waals surface area contributed by atoms with Gasteiger partial charge in [-0.05, 0) is 37.0 Å². The number of ether oxygens (including phenoxy) is 2. The van der Waals surface area contributed by atoms with Crippen molar-refractivity contribution in [3.05, 3.63) is 58.8 Å². The number of piperidine rings is 1. The van der Waals surface area contributed by atoms with E-state index >= 15 is 0 Å². The highest BCUT2D eigenvalue weighted by molar-refractivity contribution is 5.99. The minimum absolute atomic E-state index is 0.0980. The monoisotopic (exact) mass is 511 g/mol. The second-order valence-corrected chi connectivity index (χ2v) is 9.25. The predicted octanol–water partition coefficient (Wildman–Crippen LogP) is 3.49. The van der Waals surface area contributed by atoms with Crippen molar-refractivity contribution in [1.82, 2.24) is 15.2 Å². The number of hydrogen-bond acceptors (Lipinski definition) is 5. The molecule has 4 atom stereocenters. The maximum Gasteiger partial charge on any atom is 0.419 e. The van der Waals surface area contributed by atoms with Crippen molar-refractivity contribution < 1.29 is 41.0 Å². The van der Waals surface area contributed by atoms with Crippen molar-refractivity contribution in [3.8, 4) is 5.88 Å². The highest BCUT2D eigenvalue weighted by atomic mass is 19.4. The number of methoxy groups -OCH3 is 1. The van der Waals surface area contributed by atoms with E-state index in [9.17, 15) is 31.5 Å². The van der Waals surface area contributed by atoms with Gasteiger partial charge in [0.15, 0.2) is 0 Å². The summed E-state index contributed by atoms with van der Waals surface area (Å²) in [6.07, 6.45) is -2.52. The van der Waals surface area contributed by atoms with E-state index in [1.165, 1.54) is 30.3 Å². The van der Waals surface area contributed by atoms with Crippen molar-refractivity contribution in [2.24, 2.45) is 11.8 Å². The average molecular weight is 511 g/mol. The van der Waals surface area contributed by atoms with Crippen LogP contribution in [-0.4, -0.2) is 54.1 Å². The van der Waals surface area contributed by atoms with Crippen molar-refractivity contribution in [3.63, 3.8) is 0 Å². The molecule has 1 aliphatic carbocycles. The molecule has 2 aliphatic heterocycles. The first kappa shape index (κ1) is 24.4. The number of aromatic nitrogens is 1. The SMILES string of the molecule is COc1cc(C(=O)N2[C@@H](C(=O)NC(c3cc(F)c(C(F)(F)F)cc3F)C3COC3)C[C@H]3C[C@H]32)ccn1. The number of hydrogen-bond donors (Lipinski definition) is 1. The molecule has 1 N–H and O–H groups in total. The number of likely N-dealkylation sites (tertiary alicyclic amines) is 1. The second kappa shape index (κ2) is 8.99. The number of fused-ring (bicyclic) bond motifs is 1. The van der Waals surface area contributed by atoms with Gasteiger partial charge < -0.3 is 19.7 Å². The minimum atomic E-state index is -5.07. The molecule has 0 radical (unpaired) electrons. The van der Waals surface area contributed by atoms with Crippen LogP contribution in [0.2, 0.25) is 0 Å². The first-order chi connectivity index (χ1) is 17.1. The standard InChI is InChI=1S/C24H22F5N3O4/c1-35-20-6-11(2-3-30-20)23(34)32-18-4-12(18)5-19(32)22(33)31-21(13-9-36-10-13)14-7-17(26)15(8-16(14)25)24(27,28)29/h2-3,6-8,12-13,18-19,21H,4-5,9-10H2,1H3,(H,31,33)/t12-,18-,19-,21?/m1/s1. The number of carbonyl (C=O) groups is 2. The number of nitrogens with one attached hydrogen (secondary N) is 1. The number of carbonyl (C=O) groups excluding carboxylic acids is 2. The highest BCUT2D eigenvalue weighted by Crippen LogP contribution is 2.49. The summed E-state index contributed by atoms with van der Waals surface area (Å²) >= 11 is 0. The quantitative estimate of drug-likeness (QED) is 0.601. The smallest absolute Gasteiger partial charge is 0.419 e. The predicted molar refractivity (Wildman–Crippen MR) is 114 cm³/mol. The molecule has 192 valence electrons. The lowest BCUT2D eigenvalue weighted by Crippen LogP contribution is -2.51. The van der Waals surface area contributed by atoms with Gasteiger partial charge in [-0.25, -0.2) is 13.8 Å². The zero-order chi connectivity index (χ0) is 25.8. The van der Waals surface area contributed by atoms with E-state index in [4.69, 9.17) is 9.47 Å². The fourth-order valence-corrected chi connectivity index (χ4v) is 4.95. The topological polar surface area (TPSA) is 80.8 Å². The number of amides is 2. The first-order valence-corrected chi connectivity index (χ1v) is 11.4. The van der Waals surface area contributed by atoms with Crippen LogP contribution in [0.4, 0.5) is 22.0 Å². The number of pyridine rings is 1. The average Bonchev–Trinajstić information content (AvgIpc) is 3.47. The molecule has 3 aliphatic rings. The summed E-state index contributed by atoms with van der Waals surface area (Å²) in [5.41, 5.74) is -1.84. The van der Waals surface area contributed by atoms with Gasteiger partial charge in [0.2, 0.25) is 11.8 Å². The van der Waals surface area contributed by atoms with Crippen LogP contribution in [-0.2, 0) is 15.7 Å². The molecule has 7 nitrogen and oxygen atoms in total. The van der Waals surface area contributed by atoms with Crippen molar-refractivity contribution in [2.45, 2.75) is 37.1 Å². The van der Waals surface area contributed by atoms with Gasteiger partial charge in [-0.2, -0.15) is 13.2 Å². The molecule has 5 rings (SSSR count). The Morgan fingerprint density at radius 1 is 1.17 bits per heavy atom. The van der Waals surface area contributed by atoms with Gasteiger partial charge in [-0.15, -0.1) is 0 Å². The number of rotatable bonds is 6. The molecule has 1 unspecified atom stereocenters. The number of nitrogens with zero attached hydrogens (tertiary/aromatic N) is 2. The fourth-order valence-electron chi connectivity index (χ4n) is 4.95. The molecule has 36 heavy (non-hydrogen) atoms. The van der Waals surface area contributed by atoms with Gasteiger partial charge >= 0.3 is 6.18 Å². The van der Waals surface area contributed by atoms with E-state index < -0.39 is 58.8 Å². The fraction of sp³-hybridized carbons (Fsp3) is 0.458. The molecule has 1 aromatic heterocycles. The third-order valence-corrected chi connectivity index (χ3v) is 6.99. The summed E-state index contributed by atoms with van der Waals surface area (Å²) in [5, 5.41) is 2.67. The summed E-state index contributed by atoms with van der Waals surface area (Å²) in [6.45, 7) is 0.227. The molecule has 0 bridgehead atoms. The van der Waals surface area contributed by atoms with E-state index in [-0.39, 0.29) is 42.7 Å². The molecule has 2 amide bonds. The zero-order valence-electron chi connectivity index (χ0n) is 19.0. The number of benzene rings is 1. The van der Waals surface area contributed by atoms with Gasteiger partial charge in [0.25, 0.3) is 5.91 Å². The van der Waals surface area contributed by atoms with E-state index in [1.54, 1.807) is 0 Å². The summed E-state index contributed by atoms with van der Waals surface area (Å²) in [6, 6.07) is 1.41. The maximum absolute atomic E-state index is 14.8. The van der Waals surface area contributed by atoms with Crippen molar-refractivity contribution in [2.75, 3.05) is 20.3 Å². The van der Waals surface area contributed by atoms with Gasteiger partial charge in [0.1, 0.15) is 17.7 Å². The maximum atomic E-state index is 14.8. The molecule has 12 heteroatoms. The van der Waals surface area contributed by atoms with Crippen LogP contribution < -0.4 is 10.1 Å². The van der Waals surface area contributed by atoms with Crippen LogP contribution in [0.3, 0.4) is 0 Å². The first-order valence-electron chi connectivity index (χ1n) is 11.4. The zero-order valence-corrected chi connectivity index (χ0v) is 19.0. The van der Waals surface area contributed by atoms with Crippen LogP contribution in [0.15, 0.2) is 30.5 Å². The Kier molecular flexibility index (Phi) is 6.09. The van der Waals surface area contributed by atoms with Crippen LogP contribution in [0.1, 0.15) is 40.4 Å². The van der Waals surface area contributed by atoms with Gasteiger partial charge in [-0.1, -0.05) is 0 Å². The van der Waals surface area contributed by atoms with Gasteiger partial charge in [-0.3, -0.25) is 9.59 Å². The minimum Gasteiger partial charge on any atom is -0.481 e. The molecule has 2 aromatic rings. The summed E-state index contributed by atoms with van der Waals surface area (Å²) in [5.74, 6) is -4.00. The van der Waals surface area contributed by atoms with Crippen LogP contribution in [0.25, 0.3) is 0 Å². The molecule has 1 saturated carbocycles. The Labute approximate surface area is 202 Å². The summed E-state index contributed by atoms with van der Waals surface area (Å²) in [7, 11) is 1.41. The van der Waals surface area contributed by atoms with Crippen LogP contribution >= 0.6 is 0 Å². The highest BCUT2D eigenvalue weighted by Gasteiger charge is 2.56. The number of halogens is 5. The molecule has 3 heterocycles. The Hall–Kier alpha value is -3.28. The van der Waals surface area contributed by atoms with Gasteiger partial charge in [0.05, 0.1) is 31.9 Å². The summed E-state index contributed by atoms with van der Waals surface area (Å²) in [4.78, 5) is 32.1. The van der Waals surface area contributed by atoms with Crippen LogP contribution in [0, 0.1) is 23.5 Å². The molecule has 2 saturated heterocycles. The van der Waals surface area contributed by atoms with E-state index in [2.05, 4.69) is 10.3 Å². The Morgan fingerprint density at radius 2 is 1.92 bits per heavy atom. The van der Waals surface area contributed by atoms with E-state index in [0.29, 0.717) is 12.5 Å². The van der Waals surface area contributed by atoms with E-state index in [1.807, 2.05) is 0 Å². The lowest BCUT2D eigenvalue weighted by Gasteiger charge is -2.36. The normalized spacial score (nSPS) is 24.1. The third-order valence-electron chi connectivity index (χ3n) is 6.99. The lowest BCUT2D eigenvalue weighted by atomic mass is 9.89. The van der Waals surface area contributed by atoms with Crippen molar-refractivity contribution in [1.29, 1.82) is 0 Å². The molecule has 0 spiro atoms. The largest absolute Gasteiger partial charge is 0.481 e. The van der Waals surface area contributed by atoms with E-state index in [0.717, 1.165) is 6.42 Å². The Bertz CT molecular complexity index is 1200. The number of alkyl halides is 3. The van der Waals surface area contributed by atoms with Gasteiger partial charge in [0, 0.05) is 35.3 Å². The Morgan fingerprint density at radius 3 is 2.56 bits per heavy atom. The lowest BCUT2D eigenvalue weighted by molar-refractivity contribution is -0.140. The molecule has 3 fully saturated rings. The third kappa shape index (κ3) is 4.38. The van der Waals surface area contributed by atoms with Crippen molar-refractivity contribution >= 4 is 11.8 Å². The molecule has 1 aromatic carbocycles. The Balaban J connectivity index is 1.40. The molecular formula is C24H22F5N3O4. The molecular weight excluding hydrogens is 489 g/mol.